The maximum atomic E-state index is 12.2. The SMILES string of the molecule is CCN1CCCC(NC(=O)c2cc(Br)sc2Br)C1. The molecule has 1 atom stereocenters. The zero-order valence-electron chi connectivity index (χ0n) is 10.2. The molecule has 1 aromatic heterocycles. The van der Waals surface area contributed by atoms with Crippen molar-refractivity contribution >= 4 is 49.1 Å². The summed E-state index contributed by atoms with van der Waals surface area (Å²) < 4.78 is 1.85. The van der Waals surface area contributed by atoms with Gasteiger partial charge >= 0.3 is 0 Å². The molecule has 0 spiro atoms. The lowest BCUT2D eigenvalue weighted by molar-refractivity contribution is 0.0905. The summed E-state index contributed by atoms with van der Waals surface area (Å²) >= 11 is 8.35. The summed E-state index contributed by atoms with van der Waals surface area (Å²) in [5.41, 5.74) is 0.723. The van der Waals surface area contributed by atoms with Crippen LogP contribution in [0.5, 0.6) is 0 Å². The van der Waals surface area contributed by atoms with Crippen LogP contribution in [0.1, 0.15) is 30.1 Å². The van der Waals surface area contributed by atoms with Gasteiger partial charge in [-0.25, -0.2) is 0 Å². The second-order valence-corrected chi connectivity index (χ2v) is 8.19. The highest BCUT2D eigenvalue weighted by atomic mass is 79.9. The molecule has 0 radical (unpaired) electrons. The van der Waals surface area contributed by atoms with Crippen LogP contribution in [0.2, 0.25) is 0 Å². The van der Waals surface area contributed by atoms with E-state index >= 15 is 0 Å². The van der Waals surface area contributed by atoms with Crippen LogP contribution in [-0.2, 0) is 0 Å². The molecule has 1 unspecified atom stereocenters. The molecular formula is C12H16Br2N2OS. The number of piperidine rings is 1. The largest absolute Gasteiger partial charge is 0.348 e. The Morgan fingerprint density at radius 3 is 3.00 bits per heavy atom. The van der Waals surface area contributed by atoms with Gasteiger partial charge in [0.1, 0.15) is 0 Å². The lowest BCUT2D eigenvalue weighted by Gasteiger charge is -2.32. The molecule has 2 rings (SSSR count). The number of nitrogens with zero attached hydrogens (tertiary/aromatic N) is 1. The van der Waals surface area contributed by atoms with E-state index < -0.39 is 0 Å². The van der Waals surface area contributed by atoms with Gasteiger partial charge in [-0.2, -0.15) is 0 Å². The van der Waals surface area contributed by atoms with Gasteiger partial charge in [-0.05, 0) is 63.9 Å². The molecule has 1 aliphatic rings. The molecule has 100 valence electrons. The average Bonchev–Trinajstić information content (AvgIpc) is 2.69. The van der Waals surface area contributed by atoms with Gasteiger partial charge in [-0.1, -0.05) is 6.92 Å². The Labute approximate surface area is 128 Å². The van der Waals surface area contributed by atoms with Crippen molar-refractivity contribution in [2.24, 2.45) is 0 Å². The third-order valence-electron chi connectivity index (χ3n) is 3.19. The summed E-state index contributed by atoms with van der Waals surface area (Å²) in [4.78, 5) is 14.6. The highest BCUT2D eigenvalue weighted by molar-refractivity contribution is 9.12. The van der Waals surface area contributed by atoms with Gasteiger partial charge < -0.3 is 10.2 Å². The number of likely N-dealkylation sites (tertiary alicyclic amines) is 1. The van der Waals surface area contributed by atoms with Crippen molar-refractivity contribution in [1.82, 2.24) is 10.2 Å². The highest BCUT2D eigenvalue weighted by Crippen LogP contribution is 2.31. The Morgan fingerprint density at radius 1 is 1.61 bits per heavy atom. The molecule has 0 saturated carbocycles. The Hall–Kier alpha value is 0.0900. The van der Waals surface area contributed by atoms with E-state index in [9.17, 15) is 4.79 Å². The van der Waals surface area contributed by atoms with Crippen molar-refractivity contribution in [3.63, 3.8) is 0 Å². The van der Waals surface area contributed by atoms with Crippen LogP contribution in [0.4, 0.5) is 0 Å². The summed E-state index contributed by atoms with van der Waals surface area (Å²) in [5, 5.41) is 3.13. The van der Waals surface area contributed by atoms with Gasteiger partial charge in [0, 0.05) is 12.6 Å². The van der Waals surface area contributed by atoms with Crippen molar-refractivity contribution in [2.75, 3.05) is 19.6 Å². The van der Waals surface area contributed by atoms with Crippen LogP contribution >= 0.6 is 43.2 Å². The van der Waals surface area contributed by atoms with Gasteiger partial charge in [-0.3, -0.25) is 4.79 Å². The summed E-state index contributed by atoms with van der Waals surface area (Å²) in [6.45, 7) is 5.33. The first-order valence-electron chi connectivity index (χ1n) is 6.08. The third-order valence-corrected chi connectivity index (χ3v) is 5.53. The molecular weight excluding hydrogens is 380 g/mol. The van der Waals surface area contributed by atoms with Crippen LogP contribution in [-0.4, -0.2) is 36.5 Å². The van der Waals surface area contributed by atoms with Gasteiger partial charge in [0.25, 0.3) is 5.91 Å². The zero-order valence-corrected chi connectivity index (χ0v) is 14.2. The number of hydrogen-bond acceptors (Lipinski definition) is 3. The van der Waals surface area contributed by atoms with E-state index in [1.54, 1.807) is 0 Å². The summed E-state index contributed by atoms with van der Waals surface area (Å²) in [7, 11) is 0. The molecule has 0 aliphatic carbocycles. The first kappa shape index (κ1) is 14.5. The predicted molar refractivity (Wildman–Crippen MR) is 82.3 cm³/mol. The fourth-order valence-corrected chi connectivity index (χ4v) is 5.01. The van der Waals surface area contributed by atoms with Gasteiger partial charge in [0.15, 0.2) is 0 Å². The standard InChI is InChI=1S/C12H16Br2N2OS/c1-2-16-5-3-4-8(7-16)15-12(17)9-6-10(13)18-11(9)14/h6,8H,2-5,7H2,1H3,(H,15,17). The molecule has 1 amide bonds. The quantitative estimate of drug-likeness (QED) is 0.849. The number of amides is 1. The maximum Gasteiger partial charge on any atom is 0.253 e. The molecule has 0 bridgehead atoms. The van der Waals surface area contributed by atoms with E-state index in [0.29, 0.717) is 0 Å². The Bertz CT molecular complexity index is 436. The minimum Gasteiger partial charge on any atom is -0.348 e. The van der Waals surface area contributed by atoms with Crippen molar-refractivity contribution < 1.29 is 4.79 Å². The van der Waals surface area contributed by atoms with Crippen molar-refractivity contribution in [3.05, 3.63) is 19.2 Å². The summed E-state index contributed by atoms with van der Waals surface area (Å²) in [5.74, 6) is 0.0202. The number of hydrogen-bond donors (Lipinski definition) is 1. The molecule has 6 heteroatoms. The second-order valence-electron chi connectivity index (χ2n) is 4.44. The van der Waals surface area contributed by atoms with E-state index in [0.717, 1.165) is 45.6 Å². The predicted octanol–water partition coefficient (Wildman–Crippen LogP) is 3.49. The first-order chi connectivity index (χ1) is 8.60. The Balaban J connectivity index is 1.97. The van der Waals surface area contributed by atoms with Crippen LogP contribution in [0.25, 0.3) is 0 Å². The van der Waals surface area contributed by atoms with Gasteiger partial charge in [0.05, 0.1) is 13.1 Å². The minimum atomic E-state index is 0.0202. The van der Waals surface area contributed by atoms with Crippen molar-refractivity contribution in [3.8, 4) is 0 Å². The summed E-state index contributed by atoms with van der Waals surface area (Å²) in [6, 6.07) is 2.14. The first-order valence-corrected chi connectivity index (χ1v) is 8.48. The normalized spacial score (nSPS) is 20.9. The van der Waals surface area contributed by atoms with E-state index in [2.05, 4.69) is 49.0 Å². The zero-order chi connectivity index (χ0) is 13.1. The number of carbonyl (C=O) groups is 1. The van der Waals surface area contributed by atoms with E-state index in [1.807, 2.05) is 6.07 Å². The second kappa shape index (κ2) is 6.50. The molecule has 1 aliphatic heterocycles. The third kappa shape index (κ3) is 3.56. The van der Waals surface area contributed by atoms with E-state index in [4.69, 9.17) is 0 Å². The monoisotopic (exact) mass is 394 g/mol. The lowest BCUT2D eigenvalue weighted by atomic mass is 10.1. The maximum absolute atomic E-state index is 12.2. The van der Waals surface area contributed by atoms with Gasteiger partial charge in [0.2, 0.25) is 0 Å². The van der Waals surface area contributed by atoms with Gasteiger partial charge in [-0.15, -0.1) is 11.3 Å². The smallest absolute Gasteiger partial charge is 0.253 e. The molecule has 18 heavy (non-hydrogen) atoms. The van der Waals surface area contributed by atoms with Crippen molar-refractivity contribution in [1.29, 1.82) is 0 Å². The Kier molecular flexibility index (Phi) is 5.24. The number of rotatable bonds is 3. The molecule has 0 aromatic carbocycles. The molecule has 3 nitrogen and oxygen atoms in total. The summed E-state index contributed by atoms with van der Waals surface area (Å²) in [6.07, 6.45) is 2.23. The fraction of sp³-hybridized carbons (Fsp3) is 0.583. The Morgan fingerprint density at radius 2 is 2.39 bits per heavy atom. The van der Waals surface area contributed by atoms with Crippen LogP contribution in [0, 0.1) is 0 Å². The molecule has 1 saturated heterocycles. The van der Waals surface area contributed by atoms with Crippen LogP contribution in [0.3, 0.4) is 0 Å². The minimum absolute atomic E-state index is 0.0202. The number of nitrogens with one attached hydrogen (secondary N) is 1. The van der Waals surface area contributed by atoms with Crippen molar-refractivity contribution in [2.45, 2.75) is 25.8 Å². The number of likely N-dealkylation sites (N-methyl/N-ethyl adjacent to an activating group) is 1. The van der Waals surface area contributed by atoms with E-state index in [-0.39, 0.29) is 11.9 Å². The topological polar surface area (TPSA) is 32.3 Å². The average molecular weight is 396 g/mol. The van der Waals surface area contributed by atoms with Crippen LogP contribution in [0.15, 0.2) is 13.6 Å². The highest BCUT2D eigenvalue weighted by Gasteiger charge is 2.22. The molecule has 1 fully saturated rings. The molecule has 1 N–H and O–H groups in total. The van der Waals surface area contributed by atoms with E-state index in [1.165, 1.54) is 11.3 Å². The number of halogens is 2. The number of thiophene rings is 1. The lowest BCUT2D eigenvalue weighted by Crippen LogP contribution is -2.47. The molecule has 1 aromatic rings. The fourth-order valence-electron chi connectivity index (χ4n) is 2.22. The molecule has 2 heterocycles. The number of carbonyl (C=O) groups excluding carboxylic acids is 1. The van der Waals surface area contributed by atoms with Crippen LogP contribution < -0.4 is 5.32 Å².